The Morgan fingerprint density at radius 3 is 2.38 bits per heavy atom. The standard InChI is InChI=1S/C17H25NO3/c1-2-3-4-5-9-12-16(19)18-15(13-17(20)21)14-10-7-6-8-11-14/h6-8,10-11,15H,2-5,9,12-13H2,1H3,(H,18,19)(H,20,21). The molecule has 0 spiro atoms. The Kier molecular flexibility index (Phi) is 8.17. The van der Waals surface area contributed by atoms with E-state index in [0.29, 0.717) is 6.42 Å². The van der Waals surface area contributed by atoms with E-state index in [1.54, 1.807) is 0 Å². The van der Waals surface area contributed by atoms with Crippen molar-refractivity contribution in [3.05, 3.63) is 35.9 Å². The number of carboxylic acid groups (broad SMARTS) is 1. The van der Waals surface area contributed by atoms with Gasteiger partial charge in [-0.3, -0.25) is 9.59 Å². The highest BCUT2D eigenvalue weighted by molar-refractivity contribution is 5.77. The lowest BCUT2D eigenvalue weighted by atomic mass is 10.0. The average Bonchev–Trinajstić information content (AvgIpc) is 2.47. The van der Waals surface area contributed by atoms with Gasteiger partial charge in [-0.25, -0.2) is 0 Å². The van der Waals surface area contributed by atoms with E-state index in [2.05, 4.69) is 12.2 Å². The summed E-state index contributed by atoms with van der Waals surface area (Å²) in [5.74, 6) is -0.978. The molecule has 1 aromatic carbocycles. The molecule has 2 N–H and O–H groups in total. The van der Waals surface area contributed by atoms with Gasteiger partial charge in [-0.2, -0.15) is 0 Å². The average molecular weight is 291 g/mol. The Morgan fingerprint density at radius 1 is 1.10 bits per heavy atom. The summed E-state index contributed by atoms with van der Waals surface area (Å²) in [5, 5.41) is 11.8. The normalized spacial score (nSPS) is 11.9. The number of carbonyl (C=O) groups is 2. The van der Waals surface area contributed by atoms with Crippen molar-refractivity contribution in [1.82, 2.24) is 5.32 Å². The minimum Gasteiger partial charge on any atom is -0.481 e. The molecule has 1 atom stereocenters. The second kappa shape index (κ2) is 9.97. The van der Waals surface area contributed by atoms with E-state index >= 15 is 0 Å². The van der Waals surface area contributed by atoms with E-state index in [1.165, 1.54) is 12.8 Å². The third kappa shape index (κ3) is 7.49. The predicted molar refractivity (Wildman–Crippen MR) is 83.0 cm³/mol. The second-order valence-electron chi connectivity index (χ2n) is 5.29. The molecule has 1 unspecified atom stereocenters. The fourth-order valence-electron chi connectivity index (χ4n) is 2.27. The Hall–Kier alpha value is -1.84. The van der Waals surface area contributed by atoms with Crippen LogP contribution in [0.3, 0.4) is 0 Å². The highest BCUT2D eigenvalue weighted by Crippen LogP contribution is 2.17. The van der Waals surface area contributed by atoms with Crippen molar-refractivity contribution >= 4 is 11.9 Å². The molecule has 21 heavy (non-hydrogen) atoms. The van der Waals surface area contributed by atoms with Crippen LogP contribution < -0.4 is 5.32 Å². The van der Waals surface area contributed by atoms with Gasteiger partial charge in [0.25, 0.3) is 0 Å². The number of aliphatic carboxylic acids is 1. The van der Waals surface area contributed by atoms with Crippen LogP contribution in [-0.2, 0) is 9.59 Å². The summed E-state index contributed by atoms with van der Waals surface area (Å²) >= 11 is 0. The Balaban J connectivity index is 2.45. The number of nitrogens with one attached hydrogen (secondary N) is 1. The van der Waals surface area contributed by atoms with Crippen LogP contribution in [0.15, 0.2) is 30.3 Å². The topological polar surface area (TPSA) is 66.4 Å². The van der Waals surface area contributed by atoms with Gasteiger partial charge in [-0.05, 0) is 12.0 Å². The van der Waals surface area contributed by atoms with E-state index in [9.17, 15) is 9.59 Å². The molecule has 0 aliphatic heterocycles. The lowest BCUT2D eigenvalue weighted by molar-refractivity contribution is -0.137. The van der Waals surface area contributed by atoms with Crippen LogP contribution in [0.4, 0.5) is 0 Å². The maximum atomic E-state index is 11.9. The van der Waals surface area contributed by atoms with Crippen LogP contribution in [0.1, 0.15) is 63.5 Å². The summed E-state index contributed by atoms with van der Waals surface area (Å²) < 4.78 is 0. The molecule has 0 radical (unpaired) electrons. The van der Waals surface area contributed by atoms with Crippen molar-refractivity contribution in [1.29, 1.82) is 0 Å². The first-order chi connectivity index (χ1) is 10.1. The molecule has 1 aromatic rings. The lowest BCUT2D eigenvalue weighted by Gasteiger charge is -2.17. The Morgan fingerprint density at radius 2 is 1.76 bits per heavy atom. The number of amides is 1. The largest absolute Gasteiger partial charge is 0.481 e. The molecular formula is C17H25NO3. The molecule has 1 rings (SSSR count). The van der Waals surface area contributed by atoms with Crippen molar-refractivity contribution < 1.29 is 14.7 Å². The van der Waals surface area contributed by atoms with Crippen molar-refractivity contribution in [3.8, 4) is 0 Å². The molecular weight excluding hydrogens is 266 g/mol. The number of hydrogen-bond donors (Lipinski definition) is 2. The van der Waals surface area contributed by atoms with Gasteiger partial charge in [0.2, 0.25) is 5.91 Å². The minimum absolute atomic E-state index is 0.0680. The summed E-state index contributed by atoms with van der Waals surface area (Å²) in [7, 11) is 0. The van der Waals surface area contributed by atoms with Gasteiger partial charge in [0, 0.05) is 6.42 Å². The predicted octanol–water partition coefficient (Wildman–Crippen LogP) is 3.68. The van der Waals surface area contributed by atoms with Crippen molar-refractivity contribution in [2.45, 2.75) is 57.9 Å². The zero-order chi connectivity index (χ0) is 15.5. The SMILES string of the molecule is CCCCCCCC(=O)NC(CC(=O)O)c1ccccc1. The summed E-state index contributed by atoms with van der Waals surface area (Å²) in [4.78, 5) is 22.9. The highest BCUT2D eigenvalue weighted by Gasteiger charge is 2.17. The zero-order valence-electron chi connectivity index (χ0n) is 12.7. The van der Waals surface area contributed by atoms with E-state index in [4.69, 9.17) is 5.11 Å². The first-order valence-electron chi connectivity index (χ1n) is 7.69. The third-order valence-corrected chi connectivity index (χ3v) is 3.42. The molecule has 4 nitrogen and oxygen atoms in total. The molecule has 0 saturated carbocycles. The van der Waals surface area contributed by atoms with Gasteiger partial charge >= 0.3 is 5.97 Å². The van der Waals surface area contributed by atoms with Crippen LogP contribution in [0, 0.1) is 0 Å². The molecule has 0 aliphatic rings. The third-order valence-electron chi connectivity index (χ3n) is 3.42. The number of carboxylic acids is 1. The van der Waals surface area contributed by atoms with Crippen LogP contribution in [-0.4, -0.2) is 17.0 Å². The van der Waals surface area contributed by atoms with Crippen molar-refractivity contribution in [3.63, 3.8) is 0 Å². The summed E-state index contributed by atoms with van der Waals surface area (Å²) in [6.07, 6.45) is 5.82. The number of rotatable bonds is 10. The van der Waals surface area contributed by atoms with E-state index in [-0.39, 0.29) is 12.3 Å². The van der Waals surface area contributed by atoms with Crippen LogP contribution in [0.5, 0.6) is 0 Å². The second-order valence-corrected chi connectivity index (χ2v) is 5.29. The molecule has 0 saturated heterocycles. The van der Waals surface area contributed by atoms with Gasteiger partial charge in [-0.15, -0.1) is 0 Å². The monoisotopic (exact) mass is 291 g/mol. The number of carbonyl (C=O) groups excluding carboxylic acids is 1. The molecule has 0 heterocycles. The fourth-order valence-corrected chi connectivity index (χ4v) is 2.27. The molecule has 0 bridgehead atoms. The van der Waals surface area contributed by atoms with Gasteiger partial charge in [0.05, 0.1) is 12.5 Å². The quantitative estimate of drug-likeness (QED) is 0.646. The Bertz CT molecular complexity index is 431. The summed E-state index contributed by atoms with van der Waals surface area (Å²) in [5.41, 5.74) is 0.833. The van der Waals surface area contributed by atoms with Crippen molar-refractivity contribution in [2.75, 3.05) is 0 Å². The van der Waals surface area contributed by atoms with Crippen molar-refractivity contribution in [2.24, 2.45) is 0 Å². The van der Waals surface area contributed by atoms with E-state index < -0.39 is 12.0 Å². The van der Waals surface area contributed by atoms with E-state index in [1.807, 2.05) is 30.3 Å². The summed E-state index contributed by atoms with van der Waals surface area (Å²) in [6, 6.07) is 8.80. The van der Waals surface area contributed by atoms with Gasteiger partial charge in [-0.1, -0.05) is 62.9 Å². The van der Waals surface area contributed by atoms with Gasteiger partial charge in [0.1, 0.15) is 0 Å². The zero-order valence-corrected chi connectivity index (χ0v) is 12.7. The van der Waals surface area contributed by atoms with Crippen LogP contribution >= 0.6 is 0 Å². The van der Waals surface area contributed by atoms with Gasteiger partial charge < -0.3 is 10.4 Å². The van der Waals surface area contributed by atoms with Crippen LogP contribution in [0.2, 0.25) is 0 Å². The molecule has 0 aliphatic carbocycles. The van der Waals surface area contributed by atoms with E-state index in [0.717, 1.165) is 24.8 Å². The van der Waals surface area contributed by atoms with Gasteiger partial charge in [0.15, 0.2) is 0 Å². The molecule has 0 fully saturated rings. The molecule has 116 valence electrons. The fraction of sp³-hybridized carbons (Fsp3) is 0.529. The molecule has 4 heteroatoms. The van der Waals surface area contributed by atoms with Crippen LogP contribution in [0.25, 0.3) is 0 Å². The number of hydrogen-bond acceptors (Lipinski definition) is 2. The smallest absolute Gasteiger partial charge is 0.305 e. The first kappa shape index (κ1) is 17.2. The molecule has 0 aromatic heterocycles. The number of benzene rings is 1. The Labute approximate surface area is 126 Å². The molecule has 1 amide bonds. The first-order valence-corrected chi connectivity index (χ1v) is 7.69. The number of unbranched alkanes of at least 4 members (excludes halogenated alkanes) is 4. The summed E-state index contributed by atoms with van der Waals surface area (Å²) in [6.45, 7) is 2.16. The maximum Gasteiger partial charge on any atom is 0.305 e. The minimum atomic E-state index is -0.910. The highest BCUT2D eigenvalue weighted by atomic mass is 16.4. The maximum absolute atomic E-state index is 11.9. The lowest BCUT2D eigenvalue weighted by Crippen LogP contribution is -2.29.